The molecule has 1 aromatic heterocycles. The molecule has 2 aromatic rings. The Morgan fingerprint density at radius 2 is 2.12 bits per heavy atom. The predicted octanol–water partition coefficient (Wildman–Crippen LogP) is 0.202. The first-order chi connectivity index (χ1) is 11.6. The fourth-order valence-corrected chi connectivity index (χ4v) is 2.60. The van der Waals surface area contributed by atoms with Gasteiger partial charge in [-0.15, -0.1) is 5.10 Å². The van der Waals surface area contributed by atoms with Gasteiger partial charge in [0.25, 0.3) is 5.56 Å². The third-order valence-corrected chi connectivity index (χ3v) is 4.00. The maximum absolute atomic E-state index is 12.3. The van der Waals surface area contributed by atoms with Gasteiger partial charge in [-0.3, -0.25) is 9.59 Å². The summed E-state index contributed by atoms with van der Waals surface area (Å²) in [4.78, 5) is 36.1. The standard InChI is InChI=1S/C15H18N4O4S/c1-23-15(22)12(7-8-24-2)16-13(20)9-19-14(21)10-5-3-4-6-11(10)17-18-19/h3-6,12H,7-9H2,1-2H3,(H,16,20)/t12-/m0/s1. The zero-order valence-electron chi connectivity index (χ0n) is 13.4. The van der Waals surface area contributed by atoms with Crippen LogP contribution in [-0.4, -0.2) is 52.0 Å². The molecule has 0 unspecified atom stereocenters. The van der Waals surface area contributed by atoms with Crippen molar-refractivity contribution in [3.05, 3.63) is 34.6 Å². The molecule has 0 aliphatic heterocycles. The zero-order valence-corrected chi connectivity index (χ0v) is 14.2. The van der Waals surface area contributed by atoms with Gasteiger partial charge < -0.3 is 10.1 Å². The van der Waals surface area contributed by atoms with E-state index in [1.165, 1.54) is 7.11 Å². The van der Waals surface area contributed by atoms with Crippen molar-refractivity contribution in [2.24, 2.45) is 0 Å². The summed E-state index contributed by atoms with van der Waals surface area (Å²) in [6, 6.07) is 6.01. The quantitative estimate of drug-likeness (QED) is 0.712. The minimum atomic E-state index is -0.751. The van der Waals surface area contributed by atoms with Gasteiger partial charge in [-0.2, -0.15) is 11.8 Å². The summed E-state index contributed by atoms with van der Waals surface area (Å²) in [7, 11) is 1.26. The molecule has 0 aliphatic carbocycles. The van der Waals surface area contributed by atoms with Crippen LogP contribution in [0.4, 0.5) is 0 Å². The van der Waals surface area contributed by atoms with E-state index in [-0.39, 0.29) is 6.54 Å². The Hall–Kier alpha value is -2.42. The lowest BCUT2D eigenvalue weighted by Gasteiger charge is -2.16. The molecule has 1 amide bonds. The fourth-order valence-electron chi connectivity index (χ4n) is 2.13. The van der Waals surface area contributed by atoms with Gasteiger partial charge in [0.1, 0.15) is 18.1 Å². The largest absolute Gasteiger partial charge is 0.467 e. The van der Waals surface area contributed by atoms with Crippen LogP contribution in [-0.2, 0) is 20.9 Å². The topological polar surface area (TPSA) is 103 Å². The number of benzene rings is 1. The fraction of sp³-hybridized carbons (Fsp3) is 0.400. The van der Waals surface area contributed by atoms with Crippen LogP contribution in [0.25, 0.3) is 10.9 Å². The van der Waals surface area contributed by atoms with E-state index in [0.717, 1.165) is 4.68 Å². The van der Waals surface area contributed by atoms with Crippen molar-refractivity contribution < 1.29 is 14.3 Å². The molecule has 0 saturated heterocycles. The van der Waals surface area contributed by atoms with E-state index >= 15 is 0 Å². The number of fused-ring (bicyclic) bond motifs is 1. The number of thioether (sulfide) groups is 1. The van der Waals surface area contributed by atoms with Crippen LogP contribution in [0.3, 0.4) is 0 Å². The Labute approximate surface area is 142 Å². The van der Waals surface area contributed by atoms with E-state index in [0.29, 0.717) is 23.1 Å². The Morgan fingerprint density at radius 3 is 2.83 bits per heavy atom. The molecule has 0 aliphatic rings. The monoisotopic (exact) mass is 350 g/mol. The molecule has 2 rings (SSSR count). The highest BCUT2D eigenvalue weighted by molar-refractivity contribution is 7.98. The number of carbonyl (C=O) groups excluding carboxylic acids is 2. The molecule has 24 heavy (non-hydrogen) atoms. The van der Waals surface area contributed by atoms with Gasteiger partial charge in [-0.25, -0.2) is 9.48 Å². The van der Waals surface area contributed by atoms with Crippen molar-refractivity contribution >= 4 is 34.5 Å². The van der Waals surface area contributed by atoms with Crippen molar-refractivity contribution in [1.82, 2.24) is 20.3 Å². The second kappa shape index (κ2) is 8.44. The molecule has 0 spiro atoms. The Balaban J connectivity index is 2.12. The SMILES string of the molecule is COC(=O)[C@H](CCSC)NC(=O)Cn1nnc2ccccc2c1=O. The maximum atomic E-state index is 12.3. The summed E-state index contributed by atoms with van der Waals surface area (Å²) in [6.07, 6.45) is 2.35. The number of methoxy groups -OCH3 is 1. The minimum absolute atomic E-state index is 0.316. The van der Waals surface area contributed by atoms with E-state index in [1.807, 2.05) is 6.26 Å². The number of carbonyl (C=O) groups is 2. The third kappa shape index (κ3) is 4.31. The number of hydrogen-bond acceptors (Lipinski definition) is 7. The summed E-state index contributed by atoms with van der Waals surface area (Å²) in [5.41, 5.74) is 0.0565. The molecule has 0 bridgehead atoms. The molecular formula is C15H18N4O4S. The molecule has 0 fully saturated rings. The molecule has 0 radical (unpaired) electrons. The molecule has 1 heterocycles. The van der Waals surface area contributed by atoms with E-state index in [2.05, 4.69) is 20.4 Å². The molecule has 1 N–H and O–H groups in total. The summed E-state index contributed by atoms with van der Waals surface area (Å²) in [6.45, 7) is -0.316. The van der Waals surface area contributed by atoms with Gasteiger partial charge in [-0.1, -0.05) is 17.3 Å². The first-order valence-corrected chi connectivity index (χ1v) is 8.65. The first-order valence-electron chi connectivity index (χ1n) is 7.25. The van der Waals surface area contributed by atoms with Crippen molar-refractivity contribution in [3.8, 4) is 0 Å². The van der Waals surface area contributed by atoms with Gasteiger partial charge in [0.15, 0.2) is 0 Å². The van der Waals surface area contributed by atoms with Gasteiger partial charge in [-0.05, 0) is 30.6 Å². The van der Waals surface area contributed by atoms with Crippen molar-refractivity contribution in [1.29, 1.82) is 0 Å². The summed E-state index contributed by atoms with van der Waals surface area (Å²) in [5, 5.41) is 10.6. The van der Waals surface area contributed by atoms with Gasteiger partial charge in [0.2, 0.25) is 5.91 Å². The number of rotatable bonds is 7. The summed E-state index contributed by atoms with van der Waals surface area (Å²) < 4.78 is 5.66. The molecule has 1 atom stereocenters. The number of esters is 1. The molecule has 1 aromatic carbocycles. The summed E-state index contributed by atoms with van der Waals surface area (Å²) >= 11 is 1.56. The predicted molar refractivity (Wildman–Crippen MR) is 90.7 cm³/mol. The van der Waals surface area contributed by atoms with Crippen LogP contribution < -0.4 is 10.9 Å². The average Bonchev–Trinajstić information content (AvgIpc) is 2.60. The lowest BCUT2D eigenvalue weighted by molar-refractivity contribution is -0.145. The average molecular weight is 350 g/mol. The molecule has 0 saturated carbocycles. The number of nitrogens with one attached hydrogen (secondary N) is 1. The number of aromatic nitrogens is 3. The van der Waals surface area contributed by atoms with Crippen LogP contribution in [0.5, 0.6) is 0 Å². The molecule has 9 heteroatoms. The number of hydrogen-bond donors (Lipinski definition) is 1. The van der Waals surface area contributed by atoms with E-state index < -0.39 is 23.5 Å². The first kappa shape index (κ1) is 17.9. The number of amides is 1. The lowest BCUT2D eigenvalue weighted by atomic mass is 10.2. The van der Waals surface area contributed by atoms with Gasteiger partial charge in [0.05, 0.1) is 12.5 Å². The van der Waals surface area contributed by atoms with Crippen LogP contribution in [0.2, 0.25) is 0 Å². The highest BCUT2D eigenvalue weighted by Gasteiger charge is 2.21. The molecular weight excluding hydrogens is 332 g/mol. The number of nitrogens with zero attached hydrogens (tertiary/aromatic N) is 3. The number of ether oxygens (including phenoxy) is 1. The van der Waals surface area contributed by atoms with Crippen LogP contribution in [0.1, 0.15) is 6.42 Å². The highest BCUT2D eigenvalue weighted by Crippen LogP contribution is 2.04. The normalized spacial score (nSPS) is 11.9. The Bertz CT molecular complexity index is 792. The van der Waals surface area contributed by atoms with Gasteiger partial charge >= 0.3 is 5.97 Å². The van der Waals surface area contributed by atoms with E-state index in [4.69, 9.17) is 0 Å². The third-order valence-electron chi connectivity index (χ3n) is 3.35. The van der Waals surface area contributed by atoms with Crippen LogP contribution in [0.15, 0.2) is 29.1 Å². The Morgan fingerprint density at radius 1 is 1.38 bits per heavy atom. The van der Waals surface area contributed by atoms with Crippen molar-refractivity contribution in [2.75, 3.05) is 19.1 Å². The maximum Gasteiger partial charge on any atom is 0.328 e. The second-order valence-corrected chi connectivity index (χ2v) is 5.98. The Kier molecular flexibility index (Phi) is 6.30. The van der Waals surface area contributed by atoms with E-state index in [1.54, 1.807) is 36.0 Å². The van der Waals surface area contributed by atoms with Crippen molar-refractivity contribution in [2.45, 2.75) is 19.0 Å². The van der Waals surface area contributed by atoms with Gasteiger partial charge in [0, 0.05) is 0 Å². The lowest BCUT2D eigenvalue weighted by Crippen LogP contribution is -2.44. The van der Waals surface area contributed by atoms with Crippen LogP contribution >= 0.6 is 11.8 Å². The summed E-state index contributed by atoms with van der Waals surface area (Å²) in [5.74, 6) is -0.331. The highest BCUT2D eigenvalue weighted by atomic mass is 32.2. The minimum Gasteiger partial charge on any atom is -0.467 e. The van der Waals surface area contributed by atoms with Crippen LogP contribution in [0, 0.1) is 0 Å². The smallest absolute Gasteiger partial charge is 0.328 e. The van der Waals surface area contributed by atoms with Crippen molar-refractivity contribution in [3.63, 3.8) is 0 Å². The van der Waals surface area contributed by atoms with E-state index in [9.17, 15) is 14.4 Å². The zero-order chi connectivity index (χ0) is 17.5. The molecule has 8 nitrogen and oxygen atoms in total. The molecule has 128 valence electrons. The second-order valence-electron chi connectivity index (χ2n) is 4.99.